The van der Waals surface area contributed by atoms with Crippen molar-refractivity contribution in [2.45, 2.75) is 24.9 Å². The van der Waals surface area contributed by atoms with Gasteiger partial charge in [-0.3, -0.25) is 0 Å². The van der Waals surface area contributed by atoms with Crippen LogP contribution in [0.3, 0.4) is 0 Å². The SMILES string of the molecule is OC1(c2cccc3ccccc23)CCCOCC1. The van der Waals surface area contributed by atoms with Gasteiger partial charge in [-0.05, 0) is 29.2 Å². The fraction of sp³-hybridized carbons (Fsp3) is 0.375. The average Bonchev–Trinajstić information content (AvgIpc) is 2.64. The Morgan fingerprint density at radius 2 is 1.78 bits per heavy atom. The van der Waals surface area contributed by atoms with Crippen molar-refractivity contribution in [1.82, 2.24) is 0 Å². The van der Waals surface area contributed by atoms with E-state index >= 15 is 0 Å². The molecule has 1 atom stereocenters. The molecule has 2 nitrogen and oxygen atoms in total. The van der Waals surface area contributed by atoms with Crippen LogP contribution >= 0.6 is 0 Å². The first-order chi connectivity index (χ1) is 8.80. The van der Waals surface area contributed by atoms with Crippen LogP contribution in [0.2, 0.25) is 0 Å². The quantitative estimate of drug-likeness (QED) is 0.832. The number of ether oxygens (including phenoxy) is 1. The van der Waals surface area contributed by atoms with Gasteiger partial charge in [0.2, 0.25) is 0 Å². The van der Waals surface area contributed by atoms with Gasteiger partial charge in [-0.25, -0.2) is 0 Å². The van der Waals surface area contributed by atoms with Gasteiger partial charge in [0.25, 0.3) is 0 Å². The van der Waals surface area contributed by atoms with Crippen LogP contribution in [-0.2, 0) is 10.3 Å². The Hall–Kier alpha value is -1.38. The molecule has 0 aromatic heterocycles. The van der Waals surface area contributed by atoms with Gasteiger partial charge in [-0.15, -0.1) is 0 Å². The summed E-state index contributed by atoms with van der Waals surface area (Å²) in [6.07, 6.45) is 2.38. The third-order valence-corrected chi connectivity index (χ3v) is 3.83. The largest absolute Gasteiger partial charge is 0.385 e. The summed E-state index contributed by atoms with van der Waals surface area (Å²) in [6.45, 7) is 1.40. The zero-order chi connectivity index (χ0) is 12.4. The molecule has 0 saturated carbocycles. The Morgan fingerprint density at radius 1 is 0.944 bits per heavy atom. The predicted octanol–water partition coefficient (Wildman–Crippen LogP) is 3.23. The lowest BCUT2D eigenvalue weighted by Crippen LogP contribution is -2.26. The van der Waals surface area contributed by atoms with Gasteiger partial charge in [0, 0.05) is 19.6 Å². The molecule has 2 heteroatoms. The smallest absolute Gasteiger partial charge is 0.0925 e. The zero-order valence-electron chi connectivity index (χ0n) is 10.4. The third-order valence-electron chi connectivity index (χ3n) is 3.83. The van der Waals surface area contributed by atoms with Crippen molar-refractivity contribution in [3.63, 3.8) is 0 Å². The monoisotopic (exact) mass is 242 g/mol. The van der Waals surface area contributed by atoms with E-state index < -0.39 is 5.60 Å². The Balaban J connectivity index is 2.12. The maximum Gasteiger partial charge on any atom is 0.0925 e. The lowest BCUT2D eigenvalue weighted by atomic mass is 9.84. The molecule has 2 aromatic carbocycles. The van der Waals surface area contributed by atoms with E-state index in [0.29, 0.717) is 13.0 Å². The number of benzene rings is 2. The summed E-state index contributed by atoms with van der Waals surface area (Å²) in [7, 11) is 0. The molecule has 0 amide bonds. The molecule has 1 unspecified atom stereocenters. The minimum Gasteiger partial charge on any atom is -0.385 e. The maximum absolute atomic E-state index is 10.9. The van der Waals surface area contributed by atoms with Crippen molar-refractivity contribution in [3.05, 3.63) is 48.0 Å². The molecular weight excluding hydrogens is 224 g/mol. The molecule has 2 aromatic rings. The number of hydrogen-bond donors (Lipinski definition) is 1. The molecular formula is C16H18O2. The summed E-state index contributed by atoms with van der Waals surface area (Å²) in [4.78, 5) is 0. The number of hydrogen-bond acceptors (Lipinski definition) is 2. The van der Waals surface area contributed by atoms with Gasteiger partial charge in [0.05, 0.1) is 5.60 Å². The molecule has 1 aliphatic rings. The van der Waals surface area contributed by atoms with Crippen LogP contribution in [0.15, 0.2) is 42.5 Å². The van der Waals surface area contributed by atoms with Gasteiger partial charge in [0.1, 0.15) is 0 Å². The Kier molecular flexibility index (Phi) is 3.06. The lowest BCUT2D eigenvalue weighted by molar-refractivity contribution is 0.0158. The Bertz CT molecular complexity index is 534. The van der Waals surface area contributed by atoms with Gasteiger partial charge in [-0.1, -0.05) is 42.5 Å². The summed E-state index contributed by atoms with van der Waals surface area (Å²) in [5.74, 6) is 0. The molecule has 1 saturated heterocycles. The number of rotatable bonds is 1. The van der Waals surface area contributed by atoms with Gasteiger partial charge < -0.3 is 9.84 Å². The molecule has 94 valence electrons. The van der Waals surface area contributed by atoms with E-state index in [1.165, 1.54) is 5.39 Å². The second kappa shape index (κ2) is 4.71. The fourth-order valence-electron chi connectivity index (χ4n) is 2.84. The lowest BCUT2D eigenvalue weighted by Gasteiger charge is -2.28. The summed E-state index contributed by atoms with van der Waals surface area (Å²) in [5, 5.41) is 13.3. The standard InChI is InChI=1S/C16H18O2/c17-16(9-4-11-18-12-10-16)15-8-3-6-13-5-1-2-7-14(13)15/h1-3,5-8,17H,4,9-12H2. The summed E-state index contributed by atoms with van der Waals surface area (Å²) < 4.78 is 5.46. The highest BCUT2D eigenvalue weighted by Gasteiger charge is 2.31. The molecule has 0 spiro atoms. The highest BCUT2D eigenvalue weighted by atomic mass is 16.5. The maximum atomic E-state index is 10.9. The van der Waals surface area contributed by atoms with Crippen LogP contribution in [0.25, 0.3) is 10.8 Å². The van der Waals surface area contributed by atoms with Crippen LogP contribution in [0, 0.1) is 0 Å². The average molecular weight is 242 g/mol. The van der Waals surface area contributed by atoms with Crippen LogP contribution in [0.1, 0.15) is 24.8 Å². The van der Waals surface area contributed by atoms with E-state index in [1.54, 1.807) is 0 Å². The molecule has 0 bridgehead atoms. The van der Waals surface area contributed by atoms with Crippen LogP contribution in [0.4, 0.5) is 0 Å². The zero-order valence-corrected chi connectivity index (χ0v) is 10.4. The van der Waals surface area contributed by atoms with E-state index in [1.807, 2.05) is 24.3 Å². The van der Waals surface area contributed by atoms with Crippen molar-refractivity contribution in [3.8, 4) is 0 Å². The minimum atomic E-state index is -0.739. The highest BCUT2D eigenvalue weighted by molar-refractivity contribution is 5.86. The van der Waals surface area contributed by atoms with Crippen molar-refractivity contribution in [2.75, 3.05) is 13.2 Å². The molecule has 1 heterocycles. The topological polar surface area (TPSA) is 29.5 Å². The van der Waals surface area contributed by atoms with E-state index in [4.69, 9.17) is 4.74 Å². The molecule has 18 heavy (non-hydrogen) atoms. The van der Waals surface area contributed by atoms with Crippen molar-refractivity contribution < 1.29 is 9.84 Å². The summed E-state index contributed by atoms with van der Waals surface area (Å²) >= 11 is 0. The van der Waals surface area contributed by atoms with E-state index in [-0.39, 0.29) is 0 Å². The van der Waals surface area contributed by atoms with Gasteiger partial charge in [-0.2, -0.15) is 0 Å². The first-order valence-electron chi connectivity index (χ1n) is 6.58. The van der Waals surface area contributed by atoms with Crippen LogP contribution in [0.5, 0.6) is 0 Å². The predicted molar refractivity (Wildman–Crippen MR) is 72.5 cm³/mol. The molecule has 1 fully saturated rings. The minimum absolute atomic E-state index is 0.639. The number of fused-ring (bicyclic) bond motifs is 1. The second-order valence-corrected chi connectivity index (χ2v) is 5.02. The van der Waals surface area contributed by atoms with Gasteiger partial charge in [0.15, 0.2) is 0 Å². The van der Waals surface area contributed by atoms with Crippen LogP contribution < -0.4 is 0 Å². The highest BCUT2D eigenvalue weighted by Crippen LogP contribution is 2.36. The van der Waals surface area contributed by atoms with Crippen LogP contribution in [-0.4, -0.2) is 18.3 Å². The molecule has 3 rings (SSSR count). The van der Waals surface area contributed by atoms with E-state index in [9.17, 15) is 5.11 Å². The first kappa shape index (κ1) is 11.7. The van der Waals surface area contributed by atoms with Crippen molar-refractivity contribution in [1.29, 1.82) is 0 Å². The molecule has 1 aliphatic heterocycles. The molecule has 0 radical (unpaired) electrons. The van der Waals surface area contributed by atoms with E-state index in [0.717, 1.165) is 30.4 Å². The Morgan fingerprint density at radius 3 is 2.72 bits per heavy atom. The molecule has 1 N–H and O–H groups in total. The third kappa shape index (κ3) is 2.02. The molecule has 0 aliphatic carbocycles. The summed E-state index contributed by atoms with van der Waals surface area (Å²) in [5.41, 5.74) is 0.309. The normalized spacial score (nSPS) is 24.9. The van der Waals surface area contributed by atoms with Crippen molar-refractivity contribution in [2.24, 2.45) is 0 Å². The van der Waals surface area contributed by atoms with E-state index in [2.05, 4.69) is 18.2 Å². The Labute approximate surface area is 107 Å². The van der Waals surface area contributed by atoms with Crippen molar-refractivity contribution >= 4 is 10.8 Å². The first-order valence-corrected chi connectivity index (χ1v) is 6.58. The second-order valence-electron chi connectivity index (χ2n) is 5.02. The summed E-state index contributed by atoms with van der Waals surface area (Å²) in [6, 6.07) is 14.4. The fourth-order valence-corrected chi connectivity index (χ4v) is 2.84. The number of aliphatic hydroxyl groups is 1. The van der Waals surface area contributed by atoms with Gasteiger partial charge >= 0.3 is 0 Å².